The first kappa shape index (κ1) is 15.6. The smallest absolute Gasteiger partial charge is 0.337 e. The van der Waals surface area contributed by atoms with Crippen molar-refractivity contribution in [3.63, 3.8) is 0 Å². The van der Waals surface area contributed by atoms with Crippen molar-refractivity contribution in [2.45, 2.75) is 11.1 Å². The van der Waals surface area contributed by atoms with Gasteiger partial charge in [-0.15, -0.1) is 23.1 Å². The molecule has 0 saturated heterocycles. The Bertz CT molecular complexity index is 638. The molecular formula is C15H15NO3S2. The van der Waals surface area contributed by atoms with Crippen molar-refractivity contribution in [1.82, 2.24) is 0 Å². The van der Waals surface area contributed by atoms with Gasteiger partial charge in [0.25, 0.3) is 0 Å². The number of benzene rings is 1. The minimum absolute atomic E-state index is 0.0986. The average Bonchev–Trinajstić information content (AvgIpc) is 3.00. The van der Waals surface area contributed by atoms with Crippen molar-refractivity contribution in [1.29, 1.82) is 0 Å². The van der Waals surface area contributed by atoms with E-state index in [1.165, 1.54) is 18.9 Å². The molecule has 0 bridgehead atoms. The Morgan fingerprint density at radius 2 is 2.14 bits per heavy atom. The van der Waals surface area contributed by atoms with Crippen LogP contribution in [-0.2, 0) is 9.53 Å². The van der Waals surface area contributed by atoms with Gasteiger partial charge in [-0.3, -0.25) is 4.79 Å². The molecule has 2 aromatic rings. The Hall–Kier alpha value is -1.79. The highest BCUT2D eigenvalue weighted by Gasteiger charge is 2.10. The number of aryl methyl sites for hydroxylation is 1. The zero-order valence-electron chi connectivity index (χ0n) is 11.7. The van der Waals surface area contributed by atoms with Crippen LogP contribution in [0, 0.1) is 6.92 Å². The number of hydrogen-bond acceptors (Lipinski definition) is 5. The van der Waals surface area contributed by atoms with Crippen molar-refractivity contribution < 1.29 is 14.3 Å². The molecule has 1 amide bonds. The molecule has 0 atom stereocenters. The van der Waals surface area contributed by atoms with Gasteiger partial charge < -0.3 is 10.1 Å². The number of esters is 1. The van der Waals surface area contributed by atoms with E-state index in [-0.39, 0.29) is 5.91 Å². The summed E-state index contributed by atoms with van der Waals surface area (Å²) in [7, 11) is 1.33. The highest BCUT2D eigenvalue weighted by Crippen LogP contribution is 2.24. The lowest BCUT2D eigenvalue weighted by atomic mass is 10.1. The minimum atomic E-state index is -0.418. The van der Waals surface area contributed by atoms with Gasteiger partial charge in [0.2, 0.25) is 5.91 Å². The highest BCUT2D eigenvalue weighted by molar-refractivity contribution is 8.01. The molecule has 110 valence electrons. The number of rotatable bonds is 5. The van der Waals surface area contributed by atoms with Gasteiger partial charge >= 0.3 is 5.97 Å². The van der Waals surface area contributed by atoms with Crippen LogP contribution in [0.25, 0.3) is 0 Å². The van der Waals surface area contributed by atoms with Crippen LogP contribution >= 0.6 is 23.1 Å². The quantitative estimate of drug-likeness (QED) is 0.675. The molecule has 4 nitrogen and oxygen atoms in total. The summed E-state index contributed by atoms with van der Waals surface area (Å²) in [6.07, 6.45) is 0. The Kier molecular flexibility index (Phi) is 5.41. The molecule has 6 heteroatoms. The number of carbonyl (C=O) groups excluding carboxylic acids is 2. The summed E-state index contributed by atoms with van der Waals surface area (Å²) < 4.78 is 5.78. The van der Waals surface area contributed by atoms with Gasteiger partial charge in [-0.2, -0.15) is 0 Å². The van der Waals surface area contributed by atoms with Gasteiger partial charge in [-0.05, 0) is 36.1 Å². The molecule has 0 unspecified atom stereocenters. The number of methoxy groups -OCH3 is 1. The number of thioether (sulfide) groups is 1. The van der Waals surface area contributed by atoms with Gasteiger partial charge in [-0.25, -0.2) is 4.79 Å². The molecular weight excluding hydrogens is 306 g/mol. The SMILES string of the molecule is COC(=O)c1ccc(C)c(NC(=O)CSc2cccs2)c1. The second kappa shape index (κ2) is 7.28. The molecule has 0 radical (unpaired) electrons. The molecule has 0 saturated carbocycles. The zero-order valence-corrected chi connectivity index (χ0v) is 13.3. The highest BCUT2D eigenvalue weighted by atomic mass is 32.2. The summed E-state index contributed by atoms with van der Waals surface area (Å²) in [5, 5.41) is 4.81. The fourth-order valence-corrected chi connectivity index (χ4v) is 3.25. The number of ether oxygens (including phenoxy) is 1. The summed E-state index contributed by atoms with van der Waals surface area (Å²) in [6, 6.07) is 9.03. The maximum absolute atomic E-state index is 12.0. The largest absolute Gasteiger partial charge is 0.465 e. The molecule has 0 aliphatic rings. The normalized spacial score (nSPS) is 10.2. The van der Waals surface area contributed by atoms with Crippen LogP contribution in [0.15, 0.2) is 39.9 Å². The van der Waals surface area contributed by atoms with E-state index < -0.39 is 5.97 Å². The number of hydrogen-bond donors (Lipinski definition) is 1. The zero-order chi connectivity index (χ0) is 15.2. The number of carbonyl (C=O) groups is 2. The summed E-state index contributed by atoms with van der Waals surface area (Å²) in [6.45, 7) is 1.88. The standard InChI is InChI=1S/C15H15NO3S2/c1-10-5-6-11(15(18)19-2)8-12(10)16-13(17)9-21-14-4-3-7-20-14/h3-8H,9H2,1-2H3,(H,16,17). The molecule has 1 heterocycles. The van der Waals surface area contributed by atoms with Crippen LogP contribution in [-0.4, -0.2) is 24.7 Å². The maximum atomic E-state index is 12.0. The van der Waals surface area contributed by atoms with Crippen molar-refractivity contribution >= 4 is 40.7 Å². The Labute approximate surface area is 131 Å². The van der Waals surface area contributed by atoms with Crippen LogP contribution in [0.1, 0.15) is 15.9 Å². The van der Waals surface area contributed by atoms with E-state index in [4.69, 9.17) is 0 Å². The first-order chi connectivity index (χ1) is 10.1. The molecule has 0 spiro atoms. The van der Waals surface area contributed by atoms with E-state index in [1.54, 1.807) is 29.5 Å². The van der Waals surface area contributed by atoms with Crippen molar-refractivity contribution in [3.8, 4) is 0 Å². The second-order valence-corrected chi connectivity index (χ2v) is 6.51. The molecule has 2 rings (SSSR count). The van der Waals surface area contributed by atoms with Crippen LogP contribution in [0.4, 0.5) is 5.69 Å². The lowest BCUT2D eigenvalue weighted by molar-refractivity contribution is -0.113. The Morgan fingerprint density at radius 1 is 1.33 bits per heavy atom. The van der Waals surface area contributed by atoms with E-state index >= 15 is 0 Å². The maximum Gasteiger partial charge on any atom is 0.337 e. The third-order valence-corrected chi connectivity index (χ3v) is 4.90. The average molecular weight is 321 g/mol. The molecule has 21 heavy (non-hydrogen) atoms. The van der Waals surface area contributed by atoms with Crippen molar-refractivity contribution in [2.24, 2.45) is 0 Å². The van der Waals surface area contributed by atoms with E-state index in [9.17, 15) is 9.59 Å². The fraction of sp³-hybridized carbons (Fsp3) is 0.200. The fourth-order valence-electron chi connectivity index (χ4n) is 1.67. The van der Waals surface area contributed by atoms with Gasteiger partial charge in [0.1, 0.15) is 0 Å². The predicted molar refractivity (Wildman–Crippen MR) is 86.2 cm³/mol. The molecule has 1 N–H and O–H groups in total. The number of amides is 1. The molecule has 1 aromatic carbocycles. The number of thiophene rings is 1. The summed E-state index contributed by atoms with van der Waals surface area (Å²) >= 11 is 3.10. The van der Waals surface area contributed by atoms with E-state index in [0.29, 0.717) is 17.0 Å². The second-order valence-electron chi connectivity index (χ2n) is 4.29. The number of anilines is 1. The van der Waals surface area contributed by atoms with Gasteiger partial charge in [-0.1, -0.05) is 12.1 Å². The summed E-state index contributed by atoms with van der Waals surface area (Å²) in [5.74, 6) is -0.181. The van der Waals surface area contributed by atoms with Crippen LogP contribution in [0.5, 0.6) is 0 Å². The van der Waals surface area contributed by atoms with Gasteiger partial charge in [0.05, 0.1) is 22.6 Å². The molecule has 0 aliphatic heterocycles. The summed E-state index contributed by atoms with van der Waals surface area (Å²) in [4.78, 5) is 23.5. The van der Waals surface area contributed by atoms with Crippen LogP contribution in [0.3, 0.4) is 0 Å². The topological polar surface area (TPSA) is 55.4 Å². The van der Waals surface area contributed by atoms with Crippen molar-refractivity contribution in [2.75, 3.05) is 18.2 Å². The first-order valence-corrected chi connectivity index (χ1v) is 8.12. The lowest BCUT2D eigenvalue weighted by Gasteiger charge is -2.09. The van der Waals surface area contributed by atoms with E-state index in [0.717, 1.165) is 9.77 Å². The van der Waals surface area contributed by atoms with E-state index in [2.05, 4.69) is 10.1 Å². The Morgan fingerprint density at radius 3 is 2.81 bits per heavy atom. The number of nitrogens with one attached hydrogen (secondary N) is 1. The first-order valence-electron chi connectivity index (χ1n) is 6.25. The van der Waals surface area contributed by atoms with Gasteiger partial charge in [0.15, 0.2) is 0 Å². The molecule has 0 aliphatic carbocycles. The van der Waals surface area contributed by atoms with Crippen molar-refractivity contribution in [3.05, 3.63) is 46.8 Å². The van der Waals surface area contributed by atoms with E-state index in [1.807, 2.05) is 24.4 Å². The molecule has 1 aromatic heterocycles. The Balaban J connectivity index is 2.01. The predicted octanol–water partition coefficient (Wildman–Crippen LogP) is 3.57. The lowest BCUT2D eigenvalue weighted by Crippen LogP contribution is -2.15. The van der Waals surface area contributed by atoms with Crippen LogP contribution < -0.4 is 5.32 Å². The van der Waals surface area contributed by atoms with Gasteiger partial charge in [0, 0.05) is 5.69 Å². The molecule has 0 fully saturated rings. The summed E-state index contributed by atoms with van der Waals surface area (Å²) in [5.41, 5.74) is 1.95. The third-order valence-electron chi connectivity index (χ3n) is 2.77. The third kappa shape index (κ3) is 4.34. The minimum Gasteiger partial charge on any atom is -0.465 e. The monoisotopic (exact) mass is 321 g/mol. The van der Waals surface area contributed by atoms with Crippen LogP contribution in [0.2, 0.25) is 0 Å².